The van der Waals surface area contributed by atoms with E-state index in [0.29, 0.717) is 5.75 Å². The molecule has 2 aromatic carbocycles. The Morgan fingerprint density at radius 2 is 1.50 bits per heavy atom. The smallest absolute Gasteiger partial charge is 0.136 e. The van der Waals surface area contributed by atoms with Gasteiger partial charge in [-0.2, -0.15) is 5.26 Å². The van der Waals surface area contributed by atoms with Crippen LogP contribution in [-0.4, -0.2) is 53.1 Å². The van der Waals surface area contributed by atoms with Gasteiger partial charge < -0.3 is 9.80 Å². The normalized spacial score (nSPS) is 15.5. The molecule has 1 aliphatic rings. The van der Waals surface area contributed by atoms with Crippen LogP contribution in [0.3, 0.4) is 0 Å². The number of nitriles is 1. The first-order valence-corrected chi connectivity index (χ1v) is 10.2. The van der Waals surface area contributed by atoms with Crippen molar-refractivity contribution >= 4 is 28.3 Å². The second kappa shape index (κ2) is 8.68. The number of thiocarbonyl (C=S) groups is 1. The summed E-state index contributed by atoms with van der Waals surface area (Å²) in [6, 6.07) is 22.7. The van der Waals surface area contributed by atoms with Crippen molar-refractivity contribution in [2.45, 2.75) is 5.41 Å². The van der Waals surface area contributed by atoms with Crippen LogP contribution < -0.4 is 0 Å². The number of likely N-dealkylation sites (N-methyl/N-ethyl adjacent to an activating group) is 1. The van der Waals surface area contributed by atoms with E-state index < -0.39 is 5.41 Å². The van der Waals surface area contributed by atoms with Crippen LogP contribution in [0.25, 0.3) is 0 Å². The molecule has 0 saturated carbocycles. The van der Waals surface area contributed by atoms with Gasteiger partial charge >= 0.3 is 0 Å². The van der Waals surface area contributed by atoms with Gasteiger partial charge in [0.05, 0.1) is 6.07 Å². The van der Waals surface area contributed by atoms with Crippen molar-refractivity contribution in [1.82, 2.24) is 9.80 Å². The lowest BCUT2D eigenvalue weighted by molar-refractivity contribution is 0.220. The van der Waals surface area contributed by atoms with Gasteiger partial charge in [-0.3, -0.25) is 0 Å². The molecule has 0 unspecified atom stereocenters. The fraction of sp³-hybridized carbons (Fsp3) is 0.333. The summed E-state index contributed by atoms with van der Waals surface area (Å²) in [6.07, 6.45) is 0. The molecule has 0 aromatic heterocycles. The molecule has 0 N–H and O–H groups in total. The molecule has 2 aromatic rings. The van der Waals surface area contributed by atoms with E-state index in [1.165, 1.54) is 0 Å². The highest BCUT2D eigenvalue weighted by Crippen LogP contribution is 2.36. The summed E-state index contributed by atoms with van der Waals surface area (Å²) in [5.41, 5.74) is 1.33. The van der Waals surface area contributed by atoms with E-state index in [9.17, 15) is 5.26 Å². The van der Waals surface area contributed by atoms with Gasteiger partial charge in [0, 0.05) is 31.9 Å². The third kappa shape index (κ3) is 4.09. The zero-order valence-electron chi connectivity index (χ0n) is 15.0. The molecule has 0 bridgehead atoms. The minimum atomic E-state index is -0.705. The highest BCUT2D eigenvalue weighted by Gasteiger charge is 2.35. The Morgan fingerprint density at radius 1 is 1.00 bits per heavy atom. The van der Waals surface area contributed by atoms with Gasteiger partial charge in [-0.1, -0.05) is 84.6 Å². The van der Waals surface area contributed by atoms with E-state index in [1.54, 1.807) is 11.8 Å². The molecule has 0 amide bonds. The van der Waals surface area contributed by atoms with Crippen LogP contribution >= 0.6 is 24.0 Å². The lowest BCUT2D eigenvalue weighted by Gasteiger charge is -2.35. The number of thioether (sulfide) groups is 1. The van der Waals surface area contributed by atoms with Crippen LogP contribution in [0.15, 0.2) is 60.7 Å². The molecule has 5 heteroatoms. The molecule has 1 fully saturated rings. The van der Waals surface area contributed by atoms with Gasteiger partial charge in [0.1, 0.15) is 9.74 Å². The molecular formula is C21H23N3S2. The summed E-state index contributed by atoms with van der Waals surface area (Å²) >= 11 is 7.31. The number of rotatable bonds is 4. The molecule has 1 aliphatic heterocycles. The first-order chi connectivity index (χ1) is 12.7. The predicted octanol–water partition coefficient (Wildman–Crippen LogP) is 3.76. The van der Waals surface area contributed by atoms with E-state index >= 15 is 0 Å². The van der Waals surface area contributed by atoms with Gasteiger partial charge in [0.15, 0.2) is 0 Å². The third-order valence-corrected chi connectivity index (χ3v) is 6.59. The van der Waals surface area contributed by atoms with Crippen molar-refractivity contribution in [3.05, 3.63) is 71.8 Å². The van der Waals surface area contributed by atoms with Crippen LogP contribution in [-0.2, 0) is 5.41 Å². The first-order valence-electron chi connectivity index (χ1n) is 8.78. The van der Waals surface area contributed by atoms with Crippen LogP contribution in [0.2, 0.25) is 0 Å². The van der Waals surface area contributed by atoms with Crippen LogP contribution in [0.5, 0.6) is 0 Å². The summed E-state index contributed by atoms with van der Waals surface area (Å²) in [4.78, 5) is 4.58. The molecule has 1 heterocycles. The Hall–Kier alpha value is -1.87. The summed E-state index contributed by atoms with van der Waals surface area (Å²) in [7, 11) is 2.14. The number of benzene rings is 2. The average molecular weight is 382 g/mol. The molecule has 0 atom stereocenters. The fourth-order valence-electron chi connectivity index (χ4n) is 3.19. The Morgan fingerprint density at radius 3 is 1.96 bits per heavy atom. The highest BCUT2D eigenvalue weighted by atomic mass is 32.2. The Bertz CT molecular complexity index is 723. The maximum Gasteiger partial charge on any atom is 0.136 e. The fourth-order valence-corrected chi connectivity index (χ4v) is 4.65. The monoisotopic (exact) mass is 381 g/mol. The topological polar surface area (TPSA) is 30.3 Å². The van der Waals surface area contributed by atoms with E-state index in [1.807, 2.05) is 60.7 Å². The Balaban J connectivity index is 1.83. The molecule has 26 heavy (non-hydrogen) atoms. The molecular weight excluding hydrogens is 358 g/mol. The Kier molecular flexibility index (Phi) is 6.31. The zero-order chi connectivity index (χ0) is 18.4. The van der Waals surface area contributed by atoms with E-state index in [-0.39, 0.29) is 0 Å². The second-order valence-electron chi connectivity index (χ2n) is 6.59. The largest absolute Gasteiger partial charge is 0.355 e. The standard InChI is InChI=1S/C21H23N3S2/c1-23-12-14-24(15-13-23)20(25)26-17-21(16-22,18-8-4-2-5-9-18)19-10-6-3-7-11-19/h2-11H,12-15,17H2,1H3. The maximum atomic E-state index is 10.2. The summed E-state index contributed by atoms with van der Waals surface area (Å²) in [5.74, 6) is 0.614. The number of nitrogens with zero attached hydrogens (tertiary/aromatic N) is 3. The Labute approximate surface area is 165 Å². The number of hydrogen-bond donors (Lipinski definition) is 0. The van der Waals surface area contributed by atoms with Gasteiger partial charge in [0.25, 0.3) is 0 Å². The lowest BCUT2D eigenvalue weighted by Crippen LogP contribution is -2.46. The molecule has 0 aliphatic carbocycles. The number of hydrogen-bond acceptors (Lipinski definition) is 4. The third-order valence-electron chi connectivity index (χ3n) is 4.90. The number of piperazine rings is 1. The zero-order valence-corrected chi connectivity index (χ0v) is 16.6. The van der Waals surface area contributed by atoms with Crippen LogP contribution in [0, 0.1) is 11.3 Å². The maximum absolute atomic E-state index is 10.2. The summed E-state index contributed by atoms with van der Waals surface area (Å²) in [5, 5.41) is 10.2. The summed E-state index contributed by atoms with van der Waals surface area (Å²) < 4.78 is 0.893. The first kappa shape index (κ1) is 18.9. The minimum Gasteiger partial charge on any atom is -0.355 e. The van der Waals surface area contributed by atoms with Gasteiger partial charge in [-0.05, 0) is 18.2 Å². The van der Waals surface area contributed by atoms with Crippen molar-refractivity contribution in [2.75, 3.05) is 39.0 Å². The van der Waals surface area contributed by atoms with Gasteiger partial charge in [-0.25, -0.2) is 0 Å². The van der Waals surface area contributed by atoms with Gasteiger partial charge in [0.2, 0.25) is 0 Å². The minimum absolute atomic E-state index is 0.614. The quantitative estimate of drug-likeness (QED) is 0.753. The predicted molar refractivity (Wildman–Crippen MR) is 113 cm³/mol. The van der Waals surface area contributed by atoms with Crippen molar-refractivity contribution in [2.24, 2.45) is 0 Å². The molecule has 0 spiro atoms. The molecule has 3 nitrogen and oxygen atoms in total. The molecule has 0 radical (unpaired) electrons. The van der Waals surface area contributed by atoms with E-state index in [4.69, 9.17) is 12.2 Å². The lowest BCUT2D eigenvalue weighted by atomic mass is 9.77. The van der Waals surface area contributed by atoms with Crippen molar-refractivity contribution in [1.29, 1.82) is 5.26 Å². The SMILES string of the molecule is CN1CCN(C(=S)SCC(C#N)(c2ccccc2)c2ccccc2)CC1. The van der Waals surface area contributed by atoms with Crippen molar-refractivity contribution < 1.29 is 0 Å². The van der Waals surface area contributed by atoms with Crippen LogP contribution in [0.4, 0.5) is 0 Å². The molecule has 3 rings (SSSR count). The van der Waals surface area contributed by atoms with E-state index in [0.717, 1.165) is 41.6 Å². The highest BCUT2D eigenvalue weighted by molar-refractivity contribution is 8.22. The molecule has 134 valence electrons. The molecule has 1 saturated heterocycles. The van der Waals surface area contributed by atoms with Crippen LogP contribution in [0.1, 0.15) is 11.1 Å². The van der Waals surface area contributed by atoms with E-state index in [2.05, 4.69) is 22.9 Å². The summed E-state index contributed by atoms with van der Waals surface area (Å²) in [6.45, 7) is 3.97. The van der Waals surface area contributed by atoms with Gasteiger partial charge in [-0.15, -0.1) is 0 Å². The van der Waals surface area contributed by atoms with Crippen molar-refractivity contribution in [3.63, 3.8) is 0 Å². The average Bonchev–Trinajstić information content (AvgIpc) is 2.71. The second-order valence-corrected chi connectivity index (χ2v) is 8.20. The van der Waals surface area contributed by atoms with Crippen molar-refractivity contribution in [3.8, 4) is 6.07 Å².